The first-order valence-electron chi connectivity index (χ1n) is 12.0. The predicted octanol–water partition coefficient (Wildman–Crippen LogP) is 3.63. The molecule has 2 aromatic heterocycles. The summed E-state index contributed by atoms with van der Waals surface area (Å²) in [4.78, 5) is 25.0. The van der Waals surface area contributed by atoms with Gasteiger partial charge in [-0.05, 0) is 49.4 Å². The van der Waals surface area contributed by atoms with Gasteiger partial charge in [-0.15, -0.1) is 0 Å². The number of hydrogen-bond donors (Lipinski definition) is 4. The summed E-state index contributed by atoms with van der Waals surface area (Å²) in [5.74, 6) is 0.991. The van der Waals surface area contributed by atoms with Gasteiger partial charge in [0, 0.05) is 24.9 Å². The molecule has 1 amide bonds. The molecule has 1 unspecified atom stereocenters. The summed E-state index contributed by atoms with van der Waals surface area (Å²) in [5.41, 5.74) is 2.14. The zero-order chi connectivity index (χ0) is 26.9. The largest absolute Gasteiger partial charge is 0.491 e. The zero-order valence-corrected chi connectivity index (χ0v) is 21.4. The van der Waals surface area contributed by atoms with Crippen molar-refractivity contribution in [2.24, 2.45) is 0 Å². The number of rotatable bonds is 12. The normalized spacial score (nSPS) is 12.5. The van der Waals surface area contributed by atoms with Crippen LogP contribution < -0.4 is 20.1 Å². The molecule has 0 aliphatic rings. The molecular formula is C27H28ClN5O5. The van der Waals surface area contributed by atoms with Crippen LogP contribution >= 0.6 is 11.6 Å². The molecule has 0 fully saturated rings. The molecule has 10 nitrogen and oxygen atoms in total. The molecule has 4 N–H and O–H groups in total. The minimum absolute atomic E-state index is 0.0313. The first kappa shape index (κ1) is 27.1. The van der Waals surface area contributed by atoms with Gasteiger partial charge in [-0.25, -0.2) is 9.97 Å². The summed E-state index contributed by atoms with van der Waals surface area (Å²) >= 11 is 6.47. The Balaban J connectivity index is 1.46. The number of fused-ring (bicyclic) bond motifs is 1. The van der Waals surface area contributed by atoms with E-state index in [0.717, 1.165) is 5.69 Å². The number of carbonyl (C=O) groups is 1. The second-order valence-corrected chi connectivity index (χ2v) is 8.91. The molecule has 38 heavy (non-hydrogen) atoms. The van der Waals surface area contributed by atoms with Gasteiger partial charge in [0.25, 0.3) is 0 Å². The molecule has 2 aromatic carbocycles. The molecule has 0 saturated heterocycles. The summed E-state index contributed by atoms with van der Waals surface area (Å²) in [6.07, 6.45) is 1.85. The highest BCUT2D eigenvalue weighted by Crippen LogP contribution is 2.34. The van der Waals surface area contributed by atoms with Crippen LogP contribution in [0.25, 0.3) is 10.9 Å². The fourth-order valence-corrected chi connectivity index (χ4v) is 3.85. The van der Waals surface area contributed by atoms with Gasteiger partial charge < -0.3 is 30.3 Å². The lowest BCUT2D eigenvalue weighted by atomic mass is 10.2. The fourth-order valence-electron chi connectivity index (χ4n) is 3.61. The minimum Gasteiger partial charge on any atom is -0.491 e. The molecule has 0 spiro atoms. The molecule has 0 radical (unpaired) electrons. The molecule has 0 bridgehead atoms. The SMILES string of the molecule is CC(COc1cccc2ncnc(Nc3ccc(OCc4ccccn4)c(Cl)c3)c12)NC(=O)[C@@H](O)CCO. The Kier molecular flexibility index (Phi) is 9.26. The summed E-state index contributed by atoms with van der Waals surface area (Å²) < 4.78 is 11.8. The van der Waals surface area contributed by atoms with E-state index in [2.05, 4.69) is 25.6 Å². The van der Waals surface area contributed by atoms with Crippen LogP contribution in [0.5, 0.6) is 11.5 Å². The number of carbonyl (C=O) groups excluding carboxylic acids is 1. The average Bonchev–Trinajstić information content (AvgIpc) is 2.92. The van der Waals surface area contributed by atoms with Gasteiger partial charge in [-0.2, -0.15) is 0 Å². The summed E-state index contributed by atoms with van der Waals surface area (Å²) in [5, 5.41) is 25.6. The van der Waals surface area contributed by atoms with E-state index < -0.39 is 18.1 Å². The molecule has 0 aliphatic heterocycles. The van der Waals surface area contributed by atoms with Crippen molar-refractivity contribution in [3.8, 4) is 11.5 Å². The second-order valence-electron chi connectivity index (χ2n) is 8.50. The molecular weight excluding hydrogens is 510 g/mol. The standard InChI is InChI=1S/C27H28ClN5O5/c1-17(32-27(36)22(35)10-12-34)14-37-24-7-4-6-21-25(24)26(31-16-30-21)33-18-8-9-23(20(28)13-18)38-15-19-5-2-3-11-29-19/h2-9,11,13,16-17,22,34-35H,10,12,14-15H2,1H3,(H,32,36)(H,30,31,33)/t17?,22-/m0/s1. The van der Waals surface area contributed by atoms with Crippen LogP contribution in [-0.2, 0) is 11.4 Å². The number of amides is 1. The molecule has 198 valence electrons. The third-order valence-electron chi connectivity index (χ3n) is 5.50. The third-order valence-corrected chi connectivity index (χ3v) is 5.80. The number of aliphatic hydroxyl groups excluding tert-OH is 2. The maximum Gasteiger partial charge on any atom is 0.249 e. The van der Waals surface area contributed by atoms with E-state index in [1.165, 1.54) is 6.33 Å². The summed E-state index contributed by atoms with van der Waals surface area (Å²) in [6, 6.07) is 16.0. The molecule has 0 aliphatic carbocycles. The van der Waals surface area contributed by atoms with Crippen molar-refractivity contribution in [1.82, 2.24) is 20.3 Å². The Morgan fingerprint density at radius 1 is 1.05 bits per heavy atom. The van der Waals surface area contributed by atoms with Crippen molar-refractivity contribution < 1.29 is 24.5 Å². The van der Waals surface area contributed by atoms with Crippen LogP contribution in [0.1, 0.15) is 19.0 Å². The lowest BCUT2D eigenvalue weighted by molar-refractivity contribution is -0.130. The van der Waals surface area contributed by atoms with Gasteiger partial charge in [-0.3, -0.25) is 9.78 Å². The highest BCUT2D eigenvalue weighted by Gasteiger charge is 2.18. The lowest BCUT2D eigenvalue weighted by Gasteiger charge is -2.18. The van der Waals surface area contributed by atoms with Crippen LogP contribution in [0.15, 0.2) is 67.1 Å². The minimum atomic E-state index is -1.28. The highest BCUT2D eigenvalue weighted by molar-refractivity contribution is 6.32. The van der Waals surface area contributed by atoms with E-state index in [1.807, 2.05) is 36.4 Å². The number of nitrogens with one attached hydrogen (secondary N) is 2. The highest BCUT2D eigenvalue weighted by atomic mass is 35.5. The molecule has 2 heterocycles. The van der Waals surface area contributed by atoms with Crippen molar-refractivity contribution in [3.63, 3.8) is 0 Å². The fraction of sp³-hybridized carbons (Fsp3) is 0.259. The van der Waals surface area contributed by atoms with Gasteiger partial charge in [0.1, 0.15) is 43.0 Å². The Hall–Kier alpha value is -3.99. The number of nitrogens with zero attached hydrogens (tertiary/aromatic N) is 3. The molecule has 0 saturated carbocycles. The Bertz CT molecular complexity index is 1370. The van der Waals surface area contributed by atoms with E-state index in [4.69, 9.17) is 26.2 Å². The lowest BCUT2D eigenvalue weighted by Crippen LogP contribution is -2.42. The van der Waals surface area contributed by atoms with Gasteiger partial charge in [0.2, 0.25) is 5.91 Å². The van der Waals surface area contributed by atoms with Crippen molar-refractivity contribution in [2.75, 3.05) is 18.5 Å². The van der Waals surface area contributed by atoms with Gasteiger partial charge in [0.05, 0.1) is 27.7 Å². The number of aliphatic hydroxyl groups is 2. The van der Waals surface area contributed by atoms with Crippen LogP contribution in [0.3, 0.4) is 0 Å². The molecule has 11 heteroatoms. The molecule has 4 aromatic rings. The van der Waals surface area contributed by atoms with Crippen LogP contribution in [0, 0.1) is 0 Å². The number of ether oxygens (including phenoxy) is 2. The number of aromatic nitrogens is 3. The summed E-state index contributed by atoms with van der Waals surface area (Å²) in [7, 11) is 0. The number of hydrogen-bond acceptors (Lipinski definition) is 9. The average molecular weight is 538 g/mol. The maximum atomic E-state index is 12.0. The Morgan fingerprint density at radius 3 is 2.68 bits per heavy atom. The maximum absolute atomic E-state index is 12.0. The van der Waals surface area contributed by atoms with Crippen molar-refractivity contribution in [1.29, 1.82) is 0 Å². The predicted molar refractivity (Wildman–Crippen MR) is 144 cm³/mol. The van der Waals surface area contributed by atoms with E-state index in [1.54, 1.807) is 31.3 Å². The zero-order valence-electron chi connectivity index (χ0n) is 20.7. The number of benzene rings is 2. The van der Waals surface area contributed by atoms with Gasteiger partial charge in [0.15, 0.2) is 0 Å². The number of pyridine rings is 1. The van der Waals surface area contributed by atoms with Crippen molar-refractivity contribution in [3.05, 3.63) is 77.8 Å². The second kappa shape index (κ2) is 13.0. The van der Waals surface area contributed by atoms with Gasteiger partial charge >= 0.3 is 0 Å². The monoisotopic (exact) mass is 537 g/mol. The topological polar surface area (TPSA) is 139 Å². The first-order chi connectivity index (χ1) is 18.4. The van der Waals surface area contributed by atoms with Crippen molar-refractivity contribution >= 4 is 39.9 Å². The molecule has 2 atom stereocenters. The van der Waals surface area contributed by atoms with E-state index in [-0.39, 0.29) is 19.6 Å². The smallest absolute Gasteiger partial charge is 0.249 e. The van der Waals surface area contributed by atoms with Crippen LogP contribution in [0.2, 0.25) is 5.02 Å². The summed E-state index contributed by atoms with van der Waals surface area (Å²) in [6.45, 7) is 1.91. The Morgan fingerprint density at radius 2 is 1.92 bits per heavy atom. The first-order valence-corrected chi connectivity index (χ1v) is 12.4. The Labute approximate surface area is 224 Å². The number of anilines is 2. The number of halogens is 1. The van der Waals surface area contributed by atoms with E-state index in [0.29, 0.717) is 45.5 Å². The van der Waals surface area contributed by atoms with Crippen molar-refractivity contribution in [2.45, 2.75) is 32.1 Å². The van der Waals surface area contributed by atoms with E-state index >= 15 is 0 Å². The van der Waals surface area contributed by atoms with Gasteiger partial charge in [-0.1, -0.05) is 23.7 Å². The molecule has 4 rings (SSSR count). The van der Waals surface area contributed by atoms with Crippen LogP contribution in [-0.4, -0.2) is 56.4 Å². The quantitative estimate of drug-likeness (QED) is 0.213. The third kappa shape index (κ3) is 7.06. The van der Waals surface area contributed by atoms with Crippen LogP contribution in [0.4, 0.5) is 11.5 Å². The van der Waals surface area contributed by atoms with E-state index in [9.17, 15) is 9.90 Å².